The van der Waals surface area contributed by atoms with E-state index in [1.54, 1.807) is 24.0 Å². The highest BCUT2D eigenvalue weighted by Crippen LogP contribution is 2.26. The van der Waals surface area contributed by atoms with Crippen molar-refractivity contribution < 1.29 is 18.4 Å². The van der Waals surface area contributed by atoms with Gasteiger partial charge in [0.2, 0.25) is 0 Å². The first-order valence-corrected chi connectivity index (χ1v) is 8.03. The smallest absolute Gasteiger partial charge is 0.270 e. The summed E-state index contributed by atoms with van der Waals surface area (Å²) in [5.74, 6) is 0.373. The van der Waals surface area contributed by atoms with Gasteiger partial charge in [0, 0.05) is 17.4 Å². The maximum Gasteiger partial charge on any atom is 0.270 e. The quantitative estimate of drug-likeness (QED) is 0.772. The van der Waals surface area contributed by atoms with Gasteiger partial charge in [-0.05, 0) is 38.1 Å². The number of carbonyl (C=O) groups excluding carboxylic acids is 1. The Balaban J connectivity index is 1.59. The predicted molar refractivity (Wildman–Crippen MR) is 86.5 cm³/mol. The standard InChI is InChI=1S/C17H17FN4O3/c1-9-7-22(8-15(24-9)16-19-10(2)21-25-16)17(23)14-6-11-5-12(18)3-4-13(11)20-14/h3-6,9,15,20H,7-8H2,1-2H3/t9-,15-/m1/s1. The van der Waals surface area contributed by atoms with Gasteiger partial charge in [-0.2, -0.15) is 4.98 Å². The summed E-state index contributed by atoms with van der Waals surface area (Å²) >= 11 is 0. The van der Waals surface area contributed by atoms with Crippen molar-refractivity contribution in [2.45, 2.75) is 26.1 Å². The van der Waals surface area contributed by atoms with Crippen molar-refractivity contribution in [3.8, 4) is 0 Å². The van der Waals surface area contributed by atoms with Crippen LogP contribution in [0.5, 0.6) is 0 Å². The molecule has 0 saturated carbocycles. The lowest BCUT2D eigenvalue weighted by atomic mass is 10.2. The van der Waals surface area contributed by atoms with E-state index in [0.29, 0.717) is 35.9 Å². The normalized spacial score (nSPS) is 21.0. The van der Waals surface area contributed by atoms with Crippen LogP contribution in [0.4, 0.5) is 4.39 Å². The number of carbonyl (C=O) groups is 1. The van der Waals surface area contributed by atoms with Crippen molar-refractivity contribution in [3.05, 3.63) is 47.5 Å². The molecule has 1 N–H and O–H groups in total. The van der Waals surface area contributed by atoms with E-state index in [4.69, 9.17) is 9.26 Å². The van der Waals surface area contributed by atoms with E-state index in [1.165, 1.54) is 12.1 Å². The van der Waals surface area contributed by atoms with Crippen LogP contribution >= 0.6 is 0 Å². The Kier molecular flexibility index (Phi) is 3.76. The van der Waals surface area contributed by atoms with Crippen LogP contribution in [0.3, 0.4) is 0 Å². The molecular formula is C17H17FN4O3. The molecular weight excluding hydrogens is 327 g/mol. The van der Waals surface area contributed by atoms with Gasteiger partial charge in [0.25, 0.3) is 11.8 Å². The van der Waals surface area contributed by atoms with Crippen LogP contribution in [-0.2, 0) is 4.74 Å². The second kappa shape index (κ2) is 5.96. The van der Waals surface area contributed by atoms with Gasteiger partial charge in [0.15, 0.2) is 11.9 Å². The number of aromatic amines is 1. The zero-order valence-corrected chi connectivity index (χ0v) is 13.8. The number of nitrogens with one attached hydrogen (secondary N) is 1. The Morgan fingerprint density at radius 2 is 2.20 bits per heavy atom. The van der Waals surface area contributed by atoms with Crippen molar-refractivity contribution in [2.75, 3.05) is 13.1 Å². The average Bonchev–Trinajstić information content (AvgIpc) is 3.19. The van der Waals surface area contributed by atoms with E-state index in [9.17, 15) is 9.18 Å². The van der Waals surface area contributed by atoms with Gasteiger partial charge in [-0.25, -0.2) is 4.39 Å². The molecule has 3 heterocycles. The summed E-state index contributed by atoms with van der Waals surface area (Å²) in [6, 6.07) is 6.03. The van der Waals surface area contributed by atoms with E-state index in [1.807, 2.05) is 6.92 Å². The van der Waals surface area contributed by atoms with Crippen molar-refractivity contribution in [2.24, 2.45) is 0 Å². The minimum Gasteiger partial charge on any atom is -0.362 e. The van der Waals surface area contributed by atoms with Gasteiger partial charge in [0.1, 0.15) is 11.5 Å². The molecule has 1 fully saturated rings. The molecule has 2 aromatic heterocycles. The largest absolute Gasteiger partial charge is 0.362 e. The van der Waals surface area contributed by atoms with E-state index in [-0.39, 0.29) is 17.8 Å². The highest BCUT2D eigenvalue weighted by atomic mass is 19.1. The van der Waals surface area contributed by atoms with Gasteiger partial charge in [-0.3, -0.25) is 4.79 Å². The fourth-order valence-electron chi connectivity index (χ4n) is 3.09. The summed E-state index contributed by atoms with van der Waals surface area (Å²) in [4.78, 5) is 21.8. The number of aromatic nitrogens is 3. The number of amides is 1. The molecule has 2 atom stereocenters. The molecule has 8 heteroatoms. The minimum atomic E-state index is -0.462. The summed E-state index contributed by atoms with van der Waals surface area (Å²) in [7, 11) is 0. The maximum atomic E-state index is 13.3. The summed E-state index contributed by atoms with van der Waals surface area (Å²) in [5.41, 5.74) is 1.13. The molecule has 7 nitrogen and oxygen atoms in total. The SMILES string of the molecule is Cc1noc([C@H]2CN(C(=O)c3cc4cc(F)ccc4[nH]3)C[C@@H](C)O2)n1. The Hall–Kier alpha value is -2.74. The first-order chi connectivity index (χ1) is 12.0. The topological polar surface area (TPSA) is 84.2 Å². The van der Waals surface area contributed by atoms with E-state index < -0.39 is 6.10 Å². The van der Waals surface area contributed by atoms with Gasteiger partial charge in [0.05, 0.1) is 12.6 Å². The lowest BCUT2D eigenvalue weighted by Crippen LogP contribution is -2.46. The van der Waals surface area contributed by atoms with E-state index in [0.717, 1.165) is 5.52 Å². The number of H-pyrrole nitrogens is 1. The van der Waals surface area contributed by atoms with Crippen LogP contribution in [-0.4, -0.2) is 45.1 Å². The number of nitrogens with zero attached hydrogens (tertiary/aromatic N) is 3. The molecule has 3 aromatic rings. The van der Waals surface area contributed by atoms with E-state index >= 15 is 0 Å². The fourth-order valence-corrected chi connectivity index (χ4v) is 3.09. The molecule has 0 unspecified atom stereocenters. The van der Waals surface area contributed by atoms with Crippen LogP contribution in [0.15, 0.2) is 28.8 Å². The Morgan fingerprint density at radius 1 is 1.36 bits per heavy atom. The third-order valence-corrected chi connectivity index (χ3v) is 4.18. The number of halogens is 1. The van der Waals surface area contributed by atoms with Crippen LogP contribution in [0.25, 0.3) is 10.9 Å². The number of aryl methyl sites for hydroxylation is 1. The van der Waals surface area contributed by atoms with Crippen LogP contribution in [0.2, 0.25) is 0 Å². The molecule has 0 radical (unpaired) electrons. The molecule has 0 bridgehead atoms. The van der Waals surface area contributed by atoms with Crippen LogP contribution in [0, 0.1) is 12.7 Å². The molecule has 1 aliphatic rings. The third-order valence-electron chi connectivity index (χ3n) is 4.18. The molecule has 4 rings (SSSR count). The molecule has 130 valence electrons. The number of hydrogen-bond donors (Lipinski definition) is 1. The zero-order chi connectivity index (χ0) is 17.6. The maximum absolute atomic E-state index is 13.3. The summed E-state index contributed by atoms with van der Waals surface area (Å²) in [6.07, 6.45) is -0.632. The summed E-state index contributed by atoms with van der Waals surface area (Å²) in [6.45, 7) is 4.38. The predicted octanol–water partition coefficient (Wildman–Crippen LogP) is 2.60. The number of ether oxygens (including phenoxy) is 1. The molecule has 1 amide bonds. The molecule has 1 aromatic carbocycles. The number of hydrogen-bond acceptors (Lipinski definition) is 5. The molecule has 1 saturated heterocycles. The number of rotatable bonds is 2. The van der Waals surface area contributed by atoms with Crippen LogP contribution in [0.1, 0.15) is 35.2 Å². The highest BCUT2D eigenvalue weighted by molar-refractivity contribution is 5.98. The first kappa shape index (κ1) is 15.8. The number of fused-ring (bicyclic) bond motifs is 1. The van der Waals surface area contributed by atoms with Crippen molar-refractivity contribution in [1.29, 1.82) is 0 Å². The molecule has 25 heavy (non-hydrogen) atoms. The van der Waals surface area contributed by atoms with Crippen molar-refractivity contribution >= 4 is 16.8 Å². The Morgan fingerprint density at radius 3 is 2.96 bits per heavy atom. The van der Waals surface area contributed by atoms with Gasteiger partial charge >= 0.3 is 0 Å². The third kappa shape index (κ3) is 3.00. The number of benzene rings is 1. The van der Waals surface area contributed by atoms with E-state index in [2.05, 4.69) is 15.1 Å². The second-order valence-corrected chi connectivity index (χ2v) is 6.24. The Bertz CT molecular complexity index is 935. The van der Waals surface area contributed by atoms with Gasteiger partial charge in [-0.1, -0.05) is 5.16 Å². The highest BCUT2D eigenvalue weighted by Gasteiger charge is 2.33. The molecule has 1 aliphatic heterocycles. The summed E-state index contributed by atoms with van der Waals surface area (Å²) in [5, 5.41) is 4.43. The van der Waals surface area contributed by atoms with Gasteiger partial charge < -0.3 is 19.1 Å². The lowest BCUT2D eigenvalue weighted by molar-refractivity contribution is -0.0811. The van der Waals surface area contributed by atoms with Gasteiger partial charge in [-0.15, -0.1) is 0 Å². The second-order valence-electron chi connectivity index (χ2n) is 6.24. The summed E-state index contributed by atoms with van der Waals surface area (Å²) < 4.78 is 24.3. The number of morpholine rings is 1. The monoisotopic (exact) mass is 344 g/mol. The van der Waals surface area contributed by atoms with Crippen LogP contribution < -0.4 is 0 Å². The zero-order valence-electron chi connectivity index (χ0n) is 13.8. The minimum absolute atomic E-state index is 0.170. The fraction of sp³-hybridized carbons (Fsp3) is 0.353. The lowest BCUT2D eigenvalue weighted by Gasteiger charge is -2.35. The molecule has 0 aliphatic carbocycles. The average molecular weight is 344 g/mol. The van der Waals surface area contributed by atoms with Crippen molar-refractivity contribution in [1.82, 2.24) is 20.0 Å². The first-order valence-electron chi connectivity index (χ1n) is 8.03. The Labute approximate surface area is 142 Å². The molecule has 0 spiro atoms. The van der Waals surface area contributed by atoms with Crippen molar-refractivity contribution in [3.63, 3.8) is 0 Å².